The topological polar surface area (TPSA) is 75.7 Å². The van der Waals surface area contributed by atoms with Crippen molar-refractivity contribution < 1.29 is 17.9 Å². The first-order valence-corrected chi connectivity index (χ1v) is 10.5. The SMILES string of the molecule is COc1cccc(CCNS(=O)(=O)c2ccc(N3CCCCC3=O)cc2)c1. The van der Waals surface area contributed by atoms with Gasteiger partial charge in [-0.15, -0.1) is 0 Å². The molecule has 1 N–H and O–H groups in total. The predicted molar refractivity (Wildman–Crippen MR) is 105 cm³/mol. The number of methoxy groups -OCH3 is 1. The Balaban J connectivity index is 1.61. The van der Waals surface area contributed by atoms with Crippen molar-refractivity contribution in [3.05, 3.63) is 54.1 Å². The summed E-state index contributed by atoms with van der Waals surface area (Å²) in [6.07, 6.45) is 3.00. The van der Waals surface area contributed by atoms with E-state index in [2.05, 4.69) is 4.72 Å². The number of carbonyl (C=O) groups is 1. The van der Waals surface area contributed by atoms with E-state index >= 15 is 0 Å². The smallest absolute Gasteiger partial charge is 0.240 e. The number of piperidine rings is 1. The average molecular weight is 388 g/mol. The van der Waals surface area contributed by atoms with Crippen LogP contribution < -0.4 is 14.4 Å². The van der Waals surface area contributed by atoms with E-state index in [1.807, 2.05) is 24.3 Å². The molecule has 27 heavy (non-hydrogen) atoms. The van der Waals surface area contributed by atoms with Gasteiger partial charge in [0.1, 0.15) is 5.75 Å². The summed E-state index contributed by atoms with van der Waals surface area (Å²) in [6, 6.07) is 14.0. The highest BCUT2D eigenvalue weighted by Crippen LogP contribution is 2.22. The summed E-state index contributed by atoms with van der Waals surface area (Å²) < 4.78 is 32.8. The summed E-state index contributed by atoms with van der Waals surface area (Å²) in [5, 5.41) is 0. The Morgan fingerprint density at radius 3 is 2.59 bits per heavy atom. The molecule has 0 aromatic heterocycles. The molecule has 0 saturated carbocycles. The molecule has 0 spiro atoms. The van der Waals surface area contributed by atoms with Gasteiger partial charge in [0.25, 0.3) is 0 Å². The van der Waals surface area contributed by atoms with Crippen LogP contribution >= 0.6 is 0 Å². The molecule has 2 aromatic carbocycles. The molecular formula is C20H24N2O4S. The van der Waals surface area contributed by atoms with E-state index in [9.17, 15) is 13.2 Å². The van der Waals surface area contributed by atoms with Crippen molar-refractivity contribution in [3.8, 4) is 5.75 Å². The van der Waals surface area contributed by atoms with E-state index in [0.29, 0.717) is 25.9 Å². The zero-order valence-electron chi connectivity index (χ0n) is 15.3. The van der Waals surface area contributed by atoms with Crippen molar-refractivity contribution in [2.45, 2.75) is 30.6 Å². The summed E-state index contributed by atoms with van der Waals surface area (Å²) in [5.74, 6) is 0.839. The number of nitrogens with zero attached hydrogens (tertiary/aromatic N) is 1. The second kappa shape index (κ2) is 8.54. The third-order valence-electron chi connectivity index (χ3n) is 4.62. The molecular weight excluding hydrogens is 364 g/mol. The number of carbonyl (C=O) groups excluding carboxylic acids is 1. The van der Waals surface area contributed by atoms with Gasteiger partial charge in [0.05, 0.1) is 12.0 Å². The Kier molecular flexibility index (Phi) is 6.13. The van der Waals surface area contributed by atoms with E-state index < -0.39 is 10.0 Å². The fourth-order valence-corrected chi connectivity index (χ4v) is 4.16. The van der Waals surface area contributed by atoms with E-state index in [0.717, 1.165) is 29.8 Å². The third-order valence-corrected chi connectivity index (χ3v) is 6.10. The largest absolute Gasteiger partial charge is 0.497 e. The van der Waals surface area contributed by atoms with Crippen LogP contribution in [0.3, 0.4) is 0 Å². The van der Waals surface area contributed by atoms with Gasteiger partial charge in [-0.05, 0) is 61.2 Å². The zero-order valence-corrected chi connectivity index (χ0v) is 16.2. The van der Waals surface area contributed by atoms with Crippen LogP contribution in [0, 0.1) is 0 Å². The van der Waals surface area contributed by atoms with Crippen molar-refractivity contribution in [2.75, 3.05) is 25.1 Å². The lowest BCUT2D eigenvalue weighted by molar-refractivity contribution is -0.119. The maximum atomic E-state index is 12.5. The first-order valence-electron chi connectivity index (χ1n) is 9.02. The molecule has 1 heterocycles. The summed E-state index contributed by atoms with van der Waals surface area (Å²) in [5.41, 5.74) is 1.74. The summed E-state index contributed by atoms with van der Waals surface area (Å²) >= 11 is 0. The number of amides is 1. The normalized spacial score (nSPS) is 15.0. The van der Waals surface area contributed by atoms with Crippen molar-refractivity contribution in [2.24, 2.45) is 0 Å². The Labute approximate surface area is 160 Å². The van der Waals surface area contributed by atoms with Gasteiger partial charge >= 0.3 is 0 Å². The number of sulfonamides is 1. The lowest BCUT2D eigenvalue weighted by Gasteiger charge is -2.26. The maximum Gasteiger partial charge on any atom is 0.240 e. The lowest BCUT2D eigenvalue weighted by atomic mass is 10.1. The molecule has 0 bridgehead atoms. The van der Waals surface area contributed by atoms with Crippen LogP contribution in [0.4, 0.5) is 5.69 Å². The summed E-state index contributed by atoms with van der Waals surface area (Å²) in [7, 11) is -1.99. The molecule has 1 aliphatic rings. The van der Waals surface area contributed by atoms with E-state index in [1.54, 1.807) is 36.3 Å². The molecule has 0 radical (unpaired) electrons. The van der Waals surface area contributed by atoms with E-state index in [4.69, 9.17) is 4.74 Å². The molecule has 1 aliphatic heterocycles. The highest BCUT2D eigenvalue weighted by molar-refractivity contribution is 7.89. The molecule has 0 atom stereocenters. The molecule has 144 valence electrons. The Bertz CT molecular complexity index is 894. The molecule has 2 aromatic rings. The second-order valence-electron chi connectivity index (χ2n) is 6.50. The van der Waals surface area contributed by atoms with Gasteiger partial charge in [0.2, 0.25) is 15.9 Å². The third kappa shape index (κ3) is 4.87. The van der Waals surface area contributed by atoms with Crippen molar-refractivity contribution in [1.82, 2.24) is 4.72 Å². The molecule has 0 aliphatic carbocycles. The minimum absolute atomic E-state index is 0.0910. The zero-order chi connectivity index (χ0) is 19.3. The quantitative estimate of drug-likeness (QED) is 0.791. The minimum atomic E-state index is -3.59. The van der Waals surface area contributed by atoms with Crippen LogP contribution in [0.5, 0.6) is 5.75 Å². The molecule has 3 rings (SSSR count). The van der Waals surface area contributed by atoms with Gasteiger partial charge < -0.3 is 9.64 Å². The Hall–Kier alpha value is -2.38. The van der Waals surface area contributed by atoms with Gasteiger partial charge in [-0.2, -0.15) is 0 Å². The highest BCUT2D eigenvalue weighted by Gasteiger charge is 2.20. The minimum Gasteiger partial charge on any atom is -0.497 e. The monoisotopic (exact) mass is 388 g/mol. The summed E-state index contributed by atoms with van der Waals surface area (Å²) in [6.45, 7) is 0.978. The van der Waals surface area contributed by atoms with Gasteiger partial charge in [-0.1, -0.05) is 12.1 Å². The fourth-order valence-electron chi connectivity index (χ4n) is 3.13. The molecule has 0 unspecified atom stereocenters. The molecule has 1 saturated heterocycles. The van der Waals surface area contributed by atoms with Gasteiger partial charge in [-0.25, -0.2) is 13.1 Å². The number of hydrogen-bond acceptors (Lipinski definition) is 4. The van der Waals surface area contributed by atoms with Crippen LogP contribution in [-0.4, -0.2) is 34.5 Å². The second-order valence-corrected chi connectivity index (χ2v) is 8.26. The molecule has 1 amide bonds. The number of anilines is 1. The number of ether oxygens (including phenoxy) is 1. The first kappa shape index (κ1) is 19.4. The molecule has 6 nitrogen and oxygen atoms in total. The van der Waals surface area contributed by atoms with E-state index in [-0.39, 0.29) is 10.8 Å². The number of hydrogen-bond donors (Lipinski definition) is 1. The highest BCUT2D eigenvalue weighted by atomic mass is 32.2. The van der Waals surface area contributed by atoms with Gasteiger partial charge in [0.15, 0.2) is 0 Å². The molecule has 1 fully saturated rings. The molecule has 7 heteroatoms. The van der Waals surface area contributed by atoms with Crippen molar-refractivity contribution >= 4 is 21.6 Å². The van der Waals surface area contributed by atoms with Crippen molar-refractivity contribution in [3.63, 3.8) is 0 Å². The Morgan fingerprint density at radius 1 is 1.11 bits per heavy atom. The van der Waals surface area contributed by atoms with Crippen LogP contribution in [0.25, 0.3) is 0 Å². The standard InChI is InChI=1S/C20H24N2O4S/c1-26-18-6-4-5-16(15-18)12-13-21-27(24,25)19-10-8-17(9-11-19)22-14-3-2-7-20(22)23/h4-6,8-11,15,21H,2-3,7,12-14H2,1H3. The fraction of sp³-hybridized carbons (Fsp3) is 0.350. The lowest BCUT2D eigenvalue weighted by Crippen LogP contribution is -2.35. The van der Waals surface area contributed by atoms with E-state index in [1.165, 1.54) is 0 Å². The predicted octanol–water partition coefficient (Wildman–Crippen LogP) is 2.73. The Morgan fingerprint density at radius 2 is 1.89 bits per heavy atom. The number of rotatable bonds is 7. The van der Waals surface area contributed by atoms with Gasteiger partial charge in [0, 0.05) is 25.2 Å². The average Bonchev–Trinajstić information content (AvgIpc) is 2.68. The van der Waals surface area contributed by atoms with Crippen LogP contribution in [0.15, 0.2) is 53.4 Å². The maximum absolute atomic E-state index is 12.5. The van der Waals surface area contributed by atoms with Crippen molar-refractivity contribution in [1.29, 1.82) is 0 Å². The summed E-state index contributed by atoms with van der Waals surface area (Å²) in [4.78, 5) is 13.9. The van der Waals surface area contributed by atoms with Gasteiger partial charge in [-0.3, -0.25) is 4.79 Å². The van der Waals surface area contributed by atoms with Crippen LogP contribution in [0.1, 0.15) is 24.8 Å². The first-order chi connectivity index (χ1) is 13.0. The number of nitrogens with one attached hydrogen (secondary N) is 1. The number of benzene rings is 2. The van der Waals surface area contributed by atoms with Crippen LogP contribution in [0.2, 0.25) is 0 Å². The van der Waals surface area contributed by atoms with Crippen LogP contribution in [-0.2, 0) is 21.2 Å².